The highest BCUT2D eigenvalue weighted by atomic mass is 32.1. The number of ether oxygens (including phenoxy) is 2. The van der Waals surface area contributed by atoms with Gasteiger partial charge in [-0.2, -0.15) is 0 Å². The zero-order valence-electron chi connectivity index (χ0n) is 15.3. The van der Waals surface area contributed by atoms with Crippen LogP contribution in [0.2, 0.25) is 0 Å². The maximum absolute atomic E-state index is 5.69. The van der Waals surface area contributed by atoms with Crippen LogP contribution in [0.3, 0.4) is 0 Å². The third kappa shape index (κ3) is 4.84. The summed E-state index contributed by atoms with van der Waals surface area (Å²) < 4.78 is 11.1. The fourth-order valence-corrected chi connectivity index (χ4v) is 4.37. The second-order valence-corrected chi connectivity index (χ2v) is 7.88. The van der Waals surface area contributed by atoms with Crippen molar-refractivity contribution in [3.05, 3.63) is 62.2 Å². The van der Waals surface area contributed by atoms with Crippen molar-refractivity contribution in [2.24, 2.45) is 0 Å². The van der Waals surface area contributed by atoms with E-state index in [1.807, 2.05) is 26.0 Å². The van der Waals surface area contributed by atoms with Crippen molar-refractivity contribution in [3.63, 3.8) is 0 Å². The lowest BCUT2D eigenvalue weighted by Gasteiger charge is -2.17. The van der Waals surface area contributed by atoms with Crippen molar-refractivity contribution in [3.8, 4) is 11.5 Å². The summed E-state index contributed by atoms with van der Waals surface area (Å²) in [4.78, 5) is 6.06. The van der Waals surface area contributed by atoms with E-state index in [4.69, 9.17) is 14.5 Å². The Labute approximate surface area is 162 Å². The number of thiophene rings is 1. The second kappa shape index (κ2) is 9.16. The Balaban J connectivity index is 1.74. The van der Waals surface area contributed by atoms with Crippen LogP contribution >= 0.6 is 22.7 Å². The lowest BCUT2D eigenvalue weighted by molar-refractivity contribution is 0.310. The maximum Gasteiger partial charge on any atom is 0.161 e. The molecule has 3 aromatic rings. The van der Waals surface area contributed by atoms with Gasteiger partial charge < -0.3 is 14.8 Å². The van der Waals surface area contributed by atoms with Gasteiger partial charge in [0.25, 0.3) is 0 Å². The predicted octanol–water partition coefficient (Wildman–Crippen LogP) is 4.99. The van der Waals surface area contributed by atoms with Crippen molar-refractivity contribution in [1.29, 1.82) is 0 Å². The van der Waals surface area contributed by atoms with Crippen LogP contribution in [0.15, 0.2) is 41.1 Å². The van der Waals surface area contributed by atoms with Crippen LogP contribution in [0, 0.1) is 6.92 Å². The molecule has 0 fully saturated rings. The average molecular weight is 389 g/mol. The summed E-state index contributed by atoms with van der Waals surface area (Å²) in [6, 6.07) is 10.6. The lowest BCUT2D eigenvalue weighted by atomic mass is 10.1. The van der Waals surface area contributed by atoms with Gasteiger partial charge in [0, 0.05) is 28.9 Å². The number of methoxy groups -OCH3 is 1. The number of aromatic nitrogens is 1. The first-order chi connectivity index (χ1) is 12.7. The highest BCUT2D eigenvalue weighted by molar-refractivity contribution is 7.10. The van der Waals surface area contributed by atoms with E-state index in [2.05, 4.69) is 34.3 Å². The summed E-state index contributed by atoms with van der Waals surface area (Å²) in [5, 5.41) is 9.04. The molecule has 2 heterocycles. The number of thiazole rings is 1. The Bertz CT molecular complexity index is 815. The molecule has 0 aliphatic heterocycles. The molecule has 0 saturated carbocycles. The molecule has 4 nitrogen and oxygen atoms in total. The van der Waals surface area contributed by atoms with E-state index in [1.165, 1.54) is 10.4 Å². The zero-order chi connectivity index (χ0) is 18.4. The van der Waals surface area contributed by atoms with E-state index in [-0.39, 0.29) is 6.04 Å². The minimum absolute atomic E-state index is 0.199. The molecular formula is C20H24N2O2S2. The second-order valence-electron chi connectivity index (χ2n) is 5.96. The Morgan fingerprint density at radius 3 is 2.73 bits per heavy atom. The molecule has 1 N–H and O–H groups in total. The van der Waals surface area contributed by atoms with Gasteiger partial charge in [0.2, 0.25) is 0 Å². The molecule has 0 radical (unpaired) electrons. The third-order valence-electron chi connectivity index (χ3n) is 4.00. The van der Waals surface area contributed by atoms with Crippen molar-refractivity contribution >= 4 is 22.7 Å². The van der Waals surface area contributed by atoms with Crippen molar-refractivity contribution in [2.75, 3.05) is 13.7 Å². The molecule has 138 valence electrons. The molecule has 0 amide bonds. The van der Waals surface area contributed by atoms with Crippen molar-refractivity contribution < 1.29 is 9.47 Å². The molecule has 26 heavy (non-hydrogen) atoms. The van der Waals surface area contributed by atoms with E-state index >= 15 is 0 Å². The van der Waals surface area contributed by atoms with E-state index in [0.29, 0.717) is 6.61 Å². The average Bonchev–Trinajstić information content (AvgIpc) is 3.30. The zero-order valence-corrected chi connectivity index (χ0v) is 17.0. The summed E-state index contributed by atoms with van der Waals surface area (Å²) in [7, 11) is 1.66. The molecule has 3 rings (SSSR count). The first-order valence-electron chi connectivity index (χ1n) is 8.67. The summed E-state index contributed by atoms with van der Waals surface area (Å²) in [5.74, 6) is 1.55. The summed E-state index contributed by atoms with van der Waals surface area (Å²) >= 11 is 3.51. The van der Waals surface area contributed by atoms with Crippen LogP contribution in [-0.4, -0.2) is 18.7 Å². The van der Waals surface area contributed by atoms with E-state index in [1.54, 1.807) is 29.8 Å². The minimum atomic E-state index is 0.199. The fraction of sp³-hybridized carbons (Fsp3) is 0.350. The standard InChI is InChI=1S/C20H24N2O2S2/c1-4-24-19-10-15(7-8-18(19)23-3)12-21-17(11-16-6-5-9-25-16)20-22-14(2)13-26-20/h5-10,13,17,21H,4,11-12H2,1-3H3/t17-/m0/s1. The number of hydrogen-bond donors (Lipinski definition) is 1. The number of nitrogens with zero attached hydrogens (tertiary/aromatic N) is 1. The van der Waals surface area contributed by atoms with Gasteiger partial charge in [0.05, 0.1) is 19.8 Å². The lowest BCUT2D eigenvalue weighted by Crippen LogP contribution is -2.22. The monoisotopic (exact) mass is 388 g/mol. The normalized spacial score (nSPS) is 12.1. The van der Waals surface area contributed by atoms with Crippen LogP contribution < -0.4 is 14.8 Å². The van der Waals surface area contributed by atoms with Crippen LogP contribution in [-0.2, 0) is 13.0 Å². The Kier molecular flexibility index (Phi) is 6.66. The van der Waals surface area contributed by atoms with Gasteiger partial charge in [0.1, 0.15) is 5.01 Å². The molecule has 0 aliphatic carbocycles. The van der Waals surface area contributed by atoms with Gasteiger partial charge in [-0.05, 0) is 43.0 Å². The number of aryl methyl sites for hydroxylation is 1. The molecule has 1 aromatic carbocycles. The molecule has 0 unspecified atom stereocenters. The summed E-state index contributed by atoms with van der Waals surface area (Å²) in [6.45, 7) is 5.39. The third-order valence-corrected chi connectivity index (χ3v) is 5.98. The molecule has 6 heteroatoms. The molecular weight excluding hydrogens is 364 g/mol. The van der Waals surface area contributed by atoms with Crippen LogP contribution in [0.4, 0.5) is 0 Å². The quantitative estimate of drug-likeness (QED) is 0.560. The maximum atomic E-state index is 5.69. The first kappa shape index (κ1) is 18.9. The Morgan fingerprint density at radius 2 is 2.08 bits per heavy atom. The summed E-state index contributed by atoms with van der Waals surface area (Å²) in [5.41, 5.74) is 2.24. The SMILES string of the molecule is CCOc1cc(CN[C@@H](Cc2cccs2)c2nc(C)cs2)ccc1OC. The fourth-order valence-electron chi connectivity index (χ4n) is 2.75. The molecule has 2 aromatic heterocycles. The van der Waals surface area contributed by atoms with Crippen molar-refractivity contribution in [1.82, 2.24) is 10.3 Å². The predicted molar refractivity (Wildman–Crippen MR) is 109 cm³/mol. The number of nitrogens with one attached hydrogen (secondary N) is 1. The number of hydrogen-bond acceptors (Lipinski definition) is 6. The highest BCUT2D eigenvalue weighted by Gasteiger charge is 2.16. The van der Waals surface area contributed by atoms with Crippen LogP contribution in [0.1, 0.15) is 34.1 Å². The van der Waals surface area contributed by atoms with Gasteiger partial charge in [0.15, 0.2) is 11.5 Å². The molecule has 0 saturated heterocycles. The molecule has 1 atom stereocenters. The molecule has 0 spiro atoms. The Morgan fingerprint density at radius 1 is 1.19 bits per heavy atom. The topological polar surface area (TPSA) is 43.4 Å². The van der Waals surface area contributed by atoms with Gasteiger partial charge >= 0.3 is 0 Å². The van der Waals surface area contributed by atoms with E-state index in [0.717, 1.165) is 35.2 Å². The van der Waals surface area contributed by atoms with E-state index < -0.39 is 0 Å². The number of benzene rings is 1. The minimum Gasteiger partial charge on any atom is -0.493 e. The van der Waals surface area contributed by atoms with Gasteiger partial charge in [-0.3, -0.25) is 0 Å². The van der Waals surface area contributed by atoms with Crippen LogP contribution in [0.5, 0.6) is 11.5 Å². The van der Waals surface area contributed by atoms with Crippen LogP contribution in [0.25, 0.3) is 0 Å². The first-order valence-corrected chi connectivity index (χ1v) is 10.4. The Hall–Kier alpha value is -1.89. The molecule has 0 aliphatic rings. The largest absolute Gasteiger partial charge is 0.493 e. The number of rotatable bonds is 9. The summed E-state index contributed by atoms with van der Waals surface area (Å²) in [6.07, 6.45) is 0.944. The van der Waals surface area contributed by atoms with E-state index in [9.17, 15) is 0 Å². The van der Waals surface area contributed by atoms with Gasteiger partial charge in [-0.25, -0.2) is 4.98 Å². The van der Waals surface area contributed by atoms with Gasteiger partial charge in [-0.15, -0.1) is 22.7 Å². The molecule has 0 bridgehead atoms. The highest BCUT2D eigenvalue weighted by Crippen LogP contribution is 2.29. The van der Waals surface area contributed by atoms with Gasteiger partial charge in [-0.1, -0.05) is 12.1 Å². The smallest absolute Gasteiger partial charge is 0.161 e. The van der Waals surface area contributed by atoms with Crippen molar-refractivity contribution in [2.45, 2.75) is 32.9 Å².